The molecule has 0 aromatic rings. The Morgan fingerprint density at radius 1 is 1.24 bits per heavy atom. The van der Waals surface area contributed by atoms with Crippen LogP contribution < -0.4 is 5.32 Å². The number of nitrogens with one attached hydrogen (secondary N) is 1. The molecule has 17 heavy (non-hydrogen) atoms. The first-order valence-electron chi connectivity index (χ1n) is 7.26. The van der Waals surface area contributed by atoms with Crippen molar-refractivity contribution in [1.82, 2.24) is 10.2 Å². The largest absolute Gasteiger partial charge is 0.390 e. The van der Waals surface area contributed by atoms with Gasteiger partial charge in [-0.1, -0.05) is 6.42 Å². The number of aliphatic hydroxyl groups is 1. The van der Waals surface area contributed by atoms with Crippen LogP contribution in [-0.4, -0.2) is 47.3 Å². The Kier molecular flexibility index (Phi) is 4.45. The molecular weight excluding hydrogens is 212 g/mol. The average Bonchev–Trinajstić information content (AvgIpc) is 2.79. The molecule has 2 N–H and O–H groups in total. The highest BCUT2D eigenvalue weighted by Gasteiger charge is 2.31. The second-order valence-corrected chi connectivity index (χ2v) is 6.36. The lowest BCUT2D eigenvalue weighted by molar-refractivity contribution is 0.0390. The fraction of sp³-hybridized carbons (Fsp3) is 1.00. The van der Waals surface area contributed by atoms with Gasteiger partial charge in [0.05, 0.1) is 5.60 Å². The van der Waals surface area contributed by atoms with Gasteiger partial charge in [0.15, 0.2) is 0 Å². The predicted octanol–water partition coefficient (Wildman–Crippen LogP) is 1.75. The topological polar surface area (TPSA) is 35.5 Å². The molecule has 0 aromatic heterocycles. The molecule has 3 heteroatoms. The van der Waals surface area contributed by atoms with Crippen molar-refractivity contribution in [3.05, 3.63) is 0 Å². The molecule has 2 heterocycles. The van der Waals surface area contributed by atoms with Crippen LogP contribution in [0.4, 0.5) is 0 Å². The molecule has 2 fully saturated rings. The quantitative estimate of drug-likeness (QED) is 0.786. The second-order valence-electron chi connectivity index (χ2n) is 6.36. The molecule has 2 aliphatic rings. The zero-order valence-corrected chi connectivity index (χ0v) is 11.4. The Morgan fingerprint density at radius 3 is 2.71 bits per heavy atom. The molecule has 0 spiro atoms. The molecule has 2 unspecified atom stereocenters. The normalized spacial score (nSPS) is 31.9. The maximum Gasteiger partial charge on any atom is 0.0603 e. The average molecular weight is 240 g/mol. The molecule has 2 aliphatic heterocycles. The van der Waals surface area contributed by atoms with E-state index in [1.807, 2.05) is 13.8 Å². The van der Waals surface area contributed by atoms with Gasteiger partial charge >= 0.3 is 0 Å². The van der Waals surface area contributed by atoms with Gasteiger partial charge in [0.1, 0.15) is 0 Å². The fourth-order valence-corrected chi connectivity index (χ4v) is 3.21. The third-order valence-electron chi connectivity index (χ3n) is 4.24. The molecule has 2 atom stereocenters. The van der Waals surface area contributed by atoms with E-state index in [4.69, 9.17) is 0 Å². The van der Waals surface area contributed by atoms with Gasteiger partial charge in [-0.05, 0) is 59.0 Å². The van der Waals surface area contributed by atoms with Crippen LogP contribution in [0.3, 0.4) is 0 Å². The SMILES string of the molecule is CC(C)(O)CCN1CCCCC1C1CCCN1. The Bertz CT molecular complexity index is 231. The molecule has 0 radical (unpaired) electrons. The Balaban J connectivity index is 1.87. The van der Waals surface area contributed by atoms with Crippen LogP contribution in [0.15, 0.2) is 0 Å². The highest BCUT2D eigenvalue weighted by Crippen LogP contribution is 2.25. The summed E-state index contributed by atoms with van der Waals surface area (Å²) in [5.41, 5.74) is -0.523. The molecule has 100 valence electrons. The standard InChI is InChI=1S/C14H28N2O/c1-14(2,17)8-11-16-10-4-3-7-13(16)12-6-5-9-15-12/h12-13,15,17H,3-11H2,1-2H3. The van der Waals surface area contributed by atoms with Crippen molar-refractivity contribution < 1.29 is 5.11 Å². The van der Waals surface area contributed by atoms with Crippen molar-refractivity contribution in [2.75, 3.05) is 19.6 Å². The van der Waals surface area contributed by atoms with Crippen LogP contribution in [0.25, 0.3) is 0 Å². The zero-order chi connectivity index (χ0) is 12.3. The first-order chi connectivity index (χ1) is 8.06. The summed E-state index contributed by atoms with van der Waals surface area (Å²) in [5.74, 6) is 0. The molecule has 0 aromatic carbocycles. The van der Waals surface area contributed by atoms with Crippen LogP contribution in [-0.2, 0) is 0 Å². The lowest BCUT2D eigenvalue weighted by Crippen LogP contribution is -2.51. The van der Waals surface area contributed by atoms with E-state index in [1.165, 1.54) is 45.2 Å². The van der Waals surface area contributed by atoms with E-state index in [0.29, 0.717) is 12.1 Å². The molecular formula is C14H28N2O. The van der Waals surface area contributed by atoms with E-state index in [2.05, 4.69) is 10.2 Å². The molecule has 2 saturated heterocycles. The lowest BCUT2D eigenvalue weighted by Gasteiger charge is -2.40. The van der Waals surface area contributed by atoms with Gasteiger partial charge in [0.2, 0.25) is 0 Å². The highest BCUT2D eigenvalue weighted by atomic mass is 16.3. The summed E-state index contributed by atoms with van der Waals surface area (Å²) in [4.78, 5) is 2.62. The zero-order valence-electron chi connectivity index (χ0n) is 11.4. The molecule has 3 nitrogen and oxygen atoms in total. The van der Waals surface area contributed by atoms with Crippen LogP contribution >= 0.6 is 0 Å². The maximum absolute atomic E-state index is 9.86. The first-order valence-corrected chi connectivity index (χ1v) is 7.26. The molecule has 0 bridgehead atoms. The summed E-state index contributed by atoms with van der Waals surface area (Å²) < 4.78 is 0. The minimum absolute atomic E-state index is 0.523. The number of rotatable bonds is 4. The van der Waals surface area contributed by atoms with Crippen molar-refractivity contribution in [3.63, 3.8) is 0 Å². The number of hydrogen-bond donors (Lipinski definition) is 2. The van der Waals surface area contributed by atoms with Crippen molar-refractivity contribution in [3.8, 4) is 0 Å². The molecule has 2 rings (SSSR count). The van der Waals surface area contributed by atoms with Crippen molar-refractivity contribution in [2.24, 2.45) is 0 Å². The molecule has 0 aliphatic carbocycles. The molecule has 0 amide bonds. The fourth-order valence-electron chi connectivity index (χ4n) is 3.21. The van der Waals surface area contributed by atoms with Gasteiger partial charge in [0, 0.05) is 18.6 Å². The minimum atomic E-state index is -0.523. The van der Waals surface area contributed by atoms with Crippen molar-refractivity contribution in [1.29, 1.82) is 0 Å². The summed E-state index contributed by atoms with van der Waals surface area (Å²) in [5, 5.41) is 13.5. The van der Waals surface area contributed by atoms with Gasteiger partial charge in [-0.3, -0.25) is 4.90 Å². The number of hydrogen-bond acceptors (Lipinski definition) is 3. The summed E-state index contributed by atoms with van der Waals surface area (Å²) in [7, 11) is 0. The monoisotopic (exact) mass is 240 g/mol. The minimum Gasteiger partial charge on any atom is -0.390 e. The van der Waals surface area contributed by atoms with Crippen LogP contribution in [0, 0.1) is 0 Å². The van der Waals surface area contributed by atoms with E-state index in [1.54, 1.807) is 0 Å². The second kappa shape index (κ2) is 5.68. The van der Waals surface area contributed by atoms with Gasteiger partial charge in [0.25, 0.3) is 0 Å². The number of piperidine rings is 1. The third-order valence-corrected chi connectivity index (χ3v) is 4.24. The number of nitrogens with zero attached hydrogens (tertiary/aromatic N) is 1. The smallest absolute Gasteiger partial charge is 0.0603 e. The van der Waals surface area contributed by atoms with Gasteiger partial charge in [-0.25, -0.2) is 0 Å². The van der Waals surface area contributed by atoms with Crippen molar-refractivity contribution >= 4 is 0 Å². The number of likely N-dealkylation sites (tertiary alicyclic amines) is 1. The lowest BCUT2D eigenvalue weighted by atomic mass is 9.93. The summed E-state index contributed by atoms with van der Waals surface area (Å²) in [6.45, 7) is 7.30. The van der Waals surface area contributed by atoms with E-state index in [0.717, 1.165) is 13.0 Å². The van der Waals surface area contributed by atoms with E-state index < -0.39 is 5.60 Å². The van der Waals surface area contributed by atoms with Crippen LogP contribution in [0.1, 0.15) is 52.4 Å². The van der Waals surface area contributed by atoms with Gasteiger partial charge < -0.3 is 10.4 Å². The third kappa shape index (κ3) is 3.94. The van der Waals surface area contributed by atoms with Crippen LogP contribution in [0.5, 0.6) is 0 Å². The van der Waals surface area contributed by atoms with E-state index >= 15 is 0 Å². The van der Waals surface area contributed by atoms with Gasteiger partial charge in [-0.2, -0.15) is 0 Å². The first kappa shape index (κ1) is 13.3. The predicted molar refractivity (Wildman–Crippen MR) is 71.2 cm³/mol. The van der Waals surface area contributed by atoms with E-state index in [-0.39, 0.29) is 0 Å². The summed E-state index contributed by atoms with van der Waals surface area (Å²) in [6.07, 6.45) is 7.60. The summed E-state index contributed by atoms with van der Waals surface area (Å²) in [6, 6.07) is 1.42. The molecule has 0 saturated carbocycles. The van der Waals surface area contributed by atoms with Crippen molar-refractivity contribution in [2.45, 2.75) is 70.1 Å². The Hall–Kier alpha value is -0.120. The Labute approximate surface area is 106 Å². The highest BCUT2D eigenvalue weighted by molar-refractivity contribution is 4.91. The maximum atomic E-state index is 9.86. The Morgan fingerprint density at radius 2 is 2.06 bits per heavy atom. The van der Waals surface area contributed by atoms with E-state index in [9.17, 15) is 5.11 Å². The summed E-state index contributed by atoms with van der Waals surface area (Å²) >= 11 is 0. The van der Waals surface area contributed by atoms with Crippen LogP contribution in [0.2, 0.25) is 0 Å². The van der Waals surface area contributed by atoms with Gasteiger partial charge in [-0.15, -0.1) is 0 Å².